The van der Waals surface area contributed by atoms with Gasteiger partial charge in [0.1, 0.15) is 0 Å². The zero-order valence-corrected chi connectivity index (χ0v) is 16.1. The molecule has 0 aliphatic carbocycles. The van der Waals surface area contributed by atoms with E-state index >= 15 is 0 Å². The highest BCUT2D eigenvalue weighted by atomic mass is 19.4. The highest BCUT2D eigenvalue weighted by molar-refractivity contribution is 6.35. The van der Waals surface area contributed by atoms with Crippen molar-refractivity contribution < 1.29 is 27.6 Å². The van der Waals surface area contributed by atoms with Crippen molar-refractivity contribution in [1.29, 1.82) is 0 Å². The topological polar surface area (TPSA) is 60.9 Å². The normalized spacial score (nSPS) is 16.9. The molecule has 0 bridgehead atoms. The largest absolute Gasteiger partial charge is 0.416 e. The molecule has 9 heteroatoms. The van der Waals surface area contributed by atoms with Gasteiger partial charge in [-0.3, -0.25) is 14.4 Å². The van der Waals surface area contributed by atoms with Crippen molar-refractivity contribution in [3.8, 4) is 0 Å². The summed E-state index contributed by atoms with van der Waals surface area (Å²) in [5.74, 6) is -1.39. The summed E-state index contributed by atoms with van der Waals surface area (Å²) in [5, 5.41) is 0. The number of piperazine rings is 1. The number of carbonyl (C=O) groups is 3. The van der Waals surface area contributed by atoms with Crippen LogP contribution < -0.4 is 9.80 Å². The smallest absolute Gasteiger partial charge is 0.366 e. The third-order valence-electron chi connectivity index (χ3n) is 5.40. The molecule has 0 atom stereocenters. The van der Waals surface area contributed by atoms with Gasteiger partial charge in [0.25, 0.3) is 11.8 Å². The van der Waals surface area contributed by atoms with Gasteiger partial charge in [0, 0.05) is 33.1 Å². The van der Waals surface area contributed by atoms with Gasteiger partial charge in [0.2, 0.25) is 5.91 Å². The van der Waals surface area contributed by atoms with E-state index in [1.165, 1.54) is 25.1 Å². The molecule has 0 unspecified atom stereocenters. The van der Waals surface area contributed by atoms with Crippen LogP contribution in [0.3, 0.4) is 0 Å². The number of hydrogen-bond acceptors (Lipinski definition) is 4. The molecule has 3 amide bonds. The Labute approximate surface area is 170 Å². The molecule has 4 rings (SSSR count). The Morgan fingerprint density at radius 2 is 1.43 bits per heavy atom. The first-order valence-electron chi connectivity index (χ1n) is 9.38. The number of benzene rings is 2. The van der Waals surface area contributed by atoms with E-state index in [4.69, 9.17) is 0 Å². The lowest BCUT2D eigenvalue weighted by atomic mass is 10.1. The molecule has 30 heavy (non-hydrogen) atoms. The first kappa shape index (κ1) is 19.9. The second kappa shape index (κ2) is 7.16. The second-order valence-corrected chi connectivity index (χ2v) is 7.19. The predicted molar refractivity (Wildman–Crippen MR) is 103 cm³/mol. The zero-order valence-electron chi connectivity index (χ0n) is 16.1. The van der Waals surface area contributed by atoms with Crippen molar-refractivity contribution in [2.24, 2.45) is 0 Å². The van der Waals surface area contributed by atoms with E-state index in [2.05, 4.69) is 0 Å². The first-order chi connectivity index (χ1) is 14.2. The van der Waals surface area contributed by atoms with Crippen LogP contribution in [0.25, 0.3) is 0 Å². The van der Waals surface area contributed by atoms with Crippen molar-refractivity contribution in [2.75, 3.05) is 36.0 Å². The minimum atomic E-state index is -4.63. The Balaban J connectivity index is 1.77. The Kier molecular flexibility index (Phi) is 4.76. The summed E-state index contributed by atoms with van der Waals surface area (Å²) < 4.78 is 40.1. The van der Waals surface area contributed by atoms with E-state index < -0.39 is 23.6 Å². The molecule has 0 N–H and O–H groups in total. The van der Waals surface area contributed by atoms with Crippen molar-refractivity contribution in [3.05, 3.63) is 59.2 Å². The van der Waals surface area contributed by atoms with E-state index in [9.17, 15) is 27.6 Å². The number of alkyl halides is 3. The second-order valence-electron chi connectivity index (χ2n) is 7.19. The molecule has 0 radical (unpaired) electrons. The molecular formula is C21H18F3N3O3. The van der Waals surface area contributed by atoms with E-state index in [1.807, 2.05) is 0 Å². The minimum Gasteiger partial charge on any atom is -0.366 e. The van der Waals surface area contributed by atoms with Gasteiger partial charge in [-0.05, 0) is 30.3 Å². The Bertz CT molecular complexity index is 1010. The Morgan fingerprint density at radius 1 is 0.867 bits per heavy atom. The maximum absolute atomic E-state index is 13.4. The molecule has 0 saturated carbocycles. The molecule has 2 aromatic rings. The van der Waals surface area contributed by atoms with Crippen molar-refractivity contribution in [2.45, 2.75) is 13.1 Å². The number of halogens is 3. The number of imide groups is 1. The maximum atomic E-state index is 13.4. The molecule has 0 spiro atoms. The van der Waals surface area contributed by atoms with Gasteiger partial charge in [0.05, 0.1) is 28.1 Å². The van der Waals surface area contributed by atoms with Crippen LogP contribution in [-0.4, -0.2) is 48.8 Å². The third-order valence-corrected chi connectivity index (χ3v) is 5.40. The number of amides is 3. The van der Waals surface area contributed by atoms with Crippen LogP contribution in [0.2, 0.25) is 0 Å². The van der Waals surface area contributed by atoms with E-state index in [1.54, 1.807) is 21.9 Å². The predicted octanol–water partition coefficient (Wildman–Crippen LogP) is 3.17. The van der Waals surface area contributed by atoms with Gasteiger partial charge in [-0.25, -0.2) is 4.90 Å². The fourth-order valence-electron chi connectivity index (χ4n) is 3.82. The van der Waals surface area contributed by atoms with Crippen LogP contribution in [0.4, 0.5) is 24.5 Å². The van der Waals surface area contributed by atoms with Crippen molar-refractivity contribution in [3.63, 3.8) is 0 Å². The fraction of sp³-hybridized carbons (Fsp3) is 0.286. The van der Waals surface area contributed by atoms with Crippen LogP contribution >= 0.6 is 0 Å². The SMILES string of the molecule is CC(=O)N1CCN(c2ccc(C(F)(F)F)cc2N2C(=O)c3ccccc3C2=O)CC1. The molecule has 156 valence electrons. The van der Waals surface area contributed by atoms with Gasteiger partial charge in [-0.15, -0.1) is 0 Å². The van der Waals surface area contributed by atoms with Gasteiger partial charge >= 0.3 is 6.18 Å². The third kappa shape index (κ3) is 3.30. The molecule has 2 aliphatic heterocycles. The van der Waals surface area contributed by atoms with Crippen LogP contribution in [0.1, 0.15) is 33.2 Å². The van der Waals surface area contributed by atoms with Gasteiger partial charge in [-0.2, -0.15) is 13.2 Å². The number of fused-ring (bicyclic) bond motifs is 1. The summed E-state index contributed by atoms with van der Waals surface area (Å²) in [5.41, 5.74) is -0.382. The molecule has 2 aromatic carbocycles. The fourth-order valence-corrected chi connectivity index (χ4v) is 3.82. The number of nitrogens with zero attached hydrogens (tertiary/aromatic N) is 3. The van der Waals surface area contributed by atoms with E-state index in [0.717, 1.165) is 17.0 Å². The standard InChI is InChI=1S/C21H18F3N3O3/c1-13(28)25-8-10-26(11-9-25)17-7-6-14(21(22,23)24)12-18(17)27-19(29)15-4-2-3-5-16(15)20(27)30/h2-7,12H,8-11H2,1H3. The molecule has 2 aliphatic rings. The van der Waals surface area contributed by atoms with Crippen LogP contribution in [0.15, 0.2) is 42.5 Å². The molecule has 1 fully saturated rings. The highest BCUT2D eigenvalue weighted by Gasteiger charge is 2.40. The van der Waals surface area contributed by atoms with Gasteiger partial charge in [-0.1, -0.05) is 12.1 Å². The molecular weight excluding hydrogens is 399 g/mol. The minimum absolute atomic E-state index is 0.0809. The Hall–Kier alpha value is -3.36. The molecule has 0 aromatic heterocycles. The van der Waals surface area contributed by atoms with Crippen LogP contribution in [0, 0.1) is 0 Å². The van der Waals surface area contributed by atoms with Gasteiger partial charge < -0.3 is 9.80 Å². The lowest BCUT2D eigenvalue weighted by molar-refractivity contribution is -0.137. The average Bonchev–Trinajstić information content (AvgIpc) is 2.97. The number of hydrogen-bond donors (Lipinski definition) is 0. The van der Waals surface area contributed by atoms with Crippen molar-refractivity contribution in [1.82, 2.24) is 4.90 Å². The maximum Gasteiger partial charge on any atom is 0.416 e. The molecule has 2 heterocycles. The van der Waals surface area contributed by atoms with Crippen molar-refractivity contribution >= 4 is 29.1 Å². The average molecular weight is 417 g/mol. The zero-order chi connectivity index (χ0) is 21.6. The summed E-state index contributed by atoms with van der Waals surface area (Å²) in [6, 6.07) is 9.22. The monoisotopic (exact) mass is 417 g/mol. The number of carbonyl (C=O) groups excluding carboxylic acids is 3. The lowest BCUT2D eigenvalue weighted by Crippen LogP contribution is -2.48. The quantitative estimate of drug-likeness (QED) is 0.705. The Morgan fingerprint density at radius 3 is 1.93 bits per heavy atom. The molecule has 1 saturated heterocycles. The first-order valence-corrected chi connectivity index (χ1v) is 9.38. The lowest BCUT2D eigenvalue weighted by Gasteiger charge is -2.37. The summed E-state index contributed by atoms with van der Waals surface area (Å²) in [4.78, 5) is 41.6. The van der Waals surface area contributed by atoms with E-state index in [-0.39, 0.29) is 22.7 Å². The molecule has 6 nitrogen and oxygen atoms in total. The highest BCUT2D eigenvalue weighted by Crippen LogP contribution is 2.40. The summed E-state index contributed by atoms with van der Waals surface area (Å²) >= 11 is 0. The summed E-state index contributed by atoms with van der Waals surface area (Å²) in [7, 11) is 0. The van der Waals surface area contributed by atoms with Crippen LogP contribution in [-0.2, 0) is 11.0 Å². The summed E-state index contributed by atoms with van der Waals surface area (Å²) in [6.45, 7) is 3.01. The summed E-state index contributed by atoms with van der Waals surface area (Å²) in [6.07, 6.45) is -4.63. The number of rotatable bonds is 2. The van der Waals surface area contributed by atoms with E-state index in [0.29, 0.717) is 31.9 Å². The van der Waals surface area contributed by atoms with Gasteiger partial charge in [0.15, 0.2) is 0 Å². The number of anilines is 2. The van der Waals surface area contributed by atoms with Crippen LogP contribution in [0.5, 0.6) is 0 Å².